The Balaban J connectivity index is 2.90. The van der Waals surface area contributed by atoms with E-state index in [2.05, 4.69) is 15.9 Å². The maximum Gasteiger partial charge on any atom is 0.123 e. The van der Waals surface area contributed by atoms with Gasteiger partial charge in [0.2, 0.25) is 0 Å². The summed E-state index contributed by atoms with van der Waals surface area (Å²) in [4.78, 5) is 0. The van der Waals surface area contributed by atoms with Crippen LogP contribution in [0.25, 0.3) is 0 Å². The minimum atomic E-state index is 0.561. The predicted molar refractivity (Wildman–Crippen MR) is 60.5 cm³/mol. The molecule has 0 aliphatic heterocycles. The number of halogens is 3. The Kier molecular flexibility index (Phi) is 4.36. The zero-order valence-corrected chi connectivity index (χ0v) is 10.2. The van der Waals surface area contributed by atoms with Crippen LogP contribution >= 0.6 is 39.1 Å². The van der Waals surface area contributed by atoms with Gasteiger partial charge in [-0.15, -0.1) is 0 Å². The number of hydrogen-bond acceptors (Lipinski definition) is 1. The van der Waals surface area contributed by atoms with Gasteiger partial charge in [-0.2, -0.15) is 0 Å². The molecule has 72 valence electrons. The monoisotopic (exact) mass is 282 g/mol. The number of alkyl halides is 1. The second-order valence-corrected chi connectivity index (χ2v) is 4.10. The Labute approximate surface area is 96.1 Å². The van der Waals surface area contributed by atoms with Crippen LogP contribution in [-0.4, -0.2) is 11.9 Å². The number of hydrogen-bond donors (Lipinski definition) is 0. The quantitative estimate of drug-likeness (QED) is 0.760. The summed E-state index contributed by atoms with van der Waals surface area (Å²) in [5.41, 5.74) is 0.884. The van der Waals surface area contributed by atoms with Crippen molar-refractivity contribution in [2.45, 2.75) is 6.92 Å². The lowest BCUT2D eigenvalue weighted by atomic mass is 10.2. The molecule has 1 rings (SSSR count). The maximum atomic E-state index is 5.94. The summed E-state index contributed by atoms with van der Waals surface area (Å²) in [6.07, 6.45) is 0. The molecule has 0 spiro atoms. The molecule has 0 saturated heterocycles. The molecule has 0 atom stereocenters. The van der Waals surface area contributed by atoms with Gasteiger partial charge in [-0.05, 0) is 19.1 Å². The molecule has 0 radical (unpaired) electrons. The first-order valence-electron chi connectivity index (χ1n) is 3.80. The Hall–Kier alpha value is 0.0800. The van der Waals surface area contributed by atoms with E-state index in [1.807, 2.05) is 13.0 Å². The molecule has 0 bridgehead atoms. The largest absolute Gasteiger partial charge is 0.492 e. The first-order valence-corrected chi connectivity index (χ1v) is 5.68. The van der Waals surface area contributed by atoms with Gasteiger partial charge in [0.15, 0.2) is 0 Å². The van der Waals surface area contributed by atoms with E-state index in [0.29, 0.717) is 16.7 Å². The van der Waals surface area contributed by atoms with Crippen LogP contribution in [0.3, 0.4) is 0 Å². The van der Waals surface area contributed by atoms with Crippen molar-refractivity contribution in [3.63, 3.8) is 0 Å². The smallest absolute Gasteiger partial charge is 0.123 e. The fourth-order valence-electron chi connectivity index (χ4n) is 0.939. The Morgan fingerprint density at radius 1 is 1.38 bits per heavy atom. The first kappa shape index (κ1) is 11.2. The molecule has 0 amide bonds. The van der Waals surface area contributed by atoms with Gasteiger partial charge in [-0.25, -0.2) is 0 Å². The lowest BCUT2D eigenvalue weighted by Gasteiger charge is -2.09. The molecular weight excluding hydrogens is 275 g/mol. The van der Waals surface area contributed by atoms with Crippen LogP contribution in [0.1, 0.15) is 5.56 Å². The van der Waals surface area contributed by atoms with Gasteiger partial charge in [0.25, 0.3) is 0 Å². The molecule has 4 heteroatoms. The third kappa shape index (κ3) is 2.76. The van der Waals surface area contributed by atoms with E-state index in [0.717, 1.165) is 16.6 Å². The van der Waals surface area contributed by atoms with Crippen molar-refractivity contribution in [3.05, 3.63) is 27.7 Å². The molecule has 13 heavy (non-hydrogen) atoms. The average molecular weight is 284 g/mol. The minimum absolute atomic E-state index is 0.561. The predicted octanol–water partition coefficient (Wildman–Crippen LogP) is 4.08. The molecule has 0 aliphatic carbocycles. The Morgan fingerprint density at radius 2 is 2.08 bits per heavy atom. The van der Waals surface area contributed by atoms with Crippen molar-refractivity contribution in [2.75, 3.05) is 11.9 Å². The van der Waals surface area contributed by atoms with Crippen molar-refractivity contribution in [1.29, 1.82) is 0 Å². The Morgan fingerprint density at radius 3 is 2.69 bits per heavy atom. The SMILES string of the molecule is Cc1c(OCCBr)ccc(Cl)c1Cl. The van der Waals surface area contributed by atoms with Crippen molar-refractivity contribution in [1.82, 2.24) is 0 Å². The summed E-state index contributed by atoms with van der Waals surface area (Å²) in [5, 5.41) is 1.92. The van der Waals surface area contributed by atoms with Gasteiger partial charge in [-0.1, -0.05) is 39.1 Å². The normalized spacial score (nSPS) is 10.2. The first-order chi connectivity index (χ1) is 6.16. The number of ether oxygens (including phenoxy) is 1. The zero-order chi connectivity index (χ0) is 9.84. The van der Waals surface area contributed by atoms with E-state index in [4.69, 9.17) is 27.9 Å². The average Bonchev–Trinajstić information content (AvgIpc) is 2.13. The van der Waals surface area contributed by atoms with Gasteiger partial charge in [-0.3, -0.25) is 0 Å². The maximum absolute atomic E-state index is 5.94. The van der Waals surface area contributed by atoms with E-state index in [1.165, 1.54) is 0 Å². The molecule has 0 saturated carbocycles. The van der Waals surface area contributed by atoms with Crippen LogP contribution in [0.2, 0.25) is 10.0 Å². The molecular formula is C9H9BrCl2O. The molecule has 0 unspecified atom stereocenters. The van der Waals surface area contributed by atoms with Gasteiger partial charge >= 0.3 is 0 Å². The van der Waals surface area contributed by atoms with Crippen molar-refractivity contribution in [3.8, 4) is 5.75 Å². The summed E-state index contributed by atoms with van der Waals surface area (Å²) in [6.45, 7) is 2.51. The summed E-state index contributed by atoms with van der Waals surface area (Å²) >= 11 is 15.0. The second kappa shape index (κ2) is 5.08. The fraction of sp³-hybridized carbons (Fsp3) is 0.333. The van der Waals surface area contributed by atoms with Gasteiger partial charge in [0.1, 0.15) is 5.75 Å². The fourth-order valence-corrected chi connectivity index (χ4v) is 1.46. The summed E-state index contributed by atoms with van der Waals surface area (Å²) in [6, 6.07) is 3.56. The van der Waals surface area contributed by atoms with Crippen LogP contribution in [0.15, 0.2) is 12.1 Å². The van der Waals surface area contributed by atoms with Crippen LogP contribution in [0, 0.1) is 6.92 Å². The summed E-state index contributed by atoms with van der Waals surface area (Å²) in [7, 11) is 0. The molecule has 1 aromatic rings. The molecule has 1 nitrogen and oxygen atoms in total. The van der Waals surface area contributed by atoms with Gasteiger partial charge in [0, 0.05) is 10.9 Å². The highest BCUT2D eigenvalue weighted by molar-refractivity contribution is 9.09. The molecule has 0 aromatic heterocycles. The lowest BCUT2D eigenvalue weighted by molar-refractivity contribution is 0.342. The highest BCUT2D eigenvalue weighted by Crippen LogP contribution is 2.31. The van der Waals surface area contributed by atoms with E-state index >= 15 is 0 Å². The molecule has 0 fully saturated rings. The van der Waals surface area contributed by atoms with Crippen LogP contribution in [-0.2, 0) is 0 Å². The second-order valence-electron chi connectivity index (χ2n) is 2.52. The summed E-state index contributed by atoms with van der Waals surface area (Å²) in [5.74, 6) is 0.786. The molecule has 0 aliphatic rings. The van der Waals surface area contributed by atoms with Gasteiger partial charge in [0.05, 0.1) is 16.7 Å². The van der Waals surface area contributed by atoms with Crippen LogP contribution in [0.5, 0.6) is 5.75 Å². The highest BCUT2D eigenvalue weighted by atomic mass is 79.9. The zero-order valence-electron chi connectivity index (χ0n) is 7.11. The Bertz CT molecular complexity index is 302. The van der Waals surface area contributed by atoms with Crippen molar-refractivity contribution < 1.29 is 4.74 Å². The lowest BCUT2D eigenvalue weighted by Crippen LogP contribution is -1.99. The van der Waals surface area contributed by atoms with Crippen LogP contribution in [0.4, 0.5) is 0 Å². The van der Waals surface area contributed by atoms with Crippen LogP contribution < -0.4 is 4.74 Å². The minimum Gasteiger partial charge on any atom is -0.492 e. The summed E-state index contributed by atoms with van der Waals surface area (Å²) < 4.78 is 5.43. The molecule has 0 N–H and O–H groups in total. The van der Waals surface area contributed by atoms with Crippen molar-refractivity contribution in [2.24, 2.45) is 0 Å². The van der Waals surface area contributed by atoms with E-state index in [9.17, 15) is 0 Å². The van der Waals surface area contributed by atoms with E-state index < -0.39 is 0 Å². The van der Waals surface area contributed by atoms with E-state index in [-0.39, 0.29) is 0 Å². The van der Waals surface area contributed by atoms with Gasteiger partial charge < -0.3 is 4.74 Å². The number of benzene rings is 1. The third-order valence-corrected chi connectivity index (χ3v) is 2.85. The molecule has 0 heterocycles. The topological polar surface area (TPSA) is 9.23 Å². The van der Waals surface area contributed by atoms with E-state index in [1.54, 1.807) is 6.07 Å². The third-order valence-electron chi connectivity index (χ3n) is 1.62. The standard InChI is InChI=1S/C9H9BrCl2O/c1-6-8(13-5-4-10)3-2-7(11)9(6)12/h2-3H,4-5H2,1H3. The highest BCUT2D eigenvalue weighted by Gasteiger charge is 2.06. The molecule has 1 aromatic carbocycles. The number of rotatable bonds is 3. The van der Waals surface area contributed by atoms with Crippen molar-refractivity contribution >= 4 is 39.1 Å².